The molecule has 2 N–H and O–H groups in total. The van der Waals surface area contributed by atoms with E-state index in [0.29, 0.717) is 13.0 Å². The van der Waals surface area contributed by atoms with Crippen LogP contribution in [0.25, 0.3) is 0 Å². The molecule has 1 saturated heterocycles. The Hall–Kier alpha value is -2.24. The zero-order valence-electron chi connectivity index (χ0n) is 16.8. The molecule has 26 heavy (non-hydrogen) atoms. The van der Waals surface area contributed by atoms with Gasteiger partial charge in [-0.2, -0.15) is 0 Å². The van der Waals surface area contributed by atoms with Crippen LogP contribution in [0.3, 0.4) is 0 Å². The Labute approximate surface area is 157 Å². The Morgan fingerprint density at radius 2 is 2.12 bits per heavy atom. The average Bonchev–Trinajstić information content (AvgIpc) is 3.08. The smallest absolute Gasteiger partial charge is 0.222 e. The van der Waals surface area contributed by atoms with E-state index < -0.39 is 0 Å². The Morgan fingerprint density at radius 3 is 2.73 bits per heavy atom. The Bertz CT molecular complexity index is 641. The number of aryl methyl sites for hydroxylation is 1. The lowest BCUT2D eigenvalue weighted by molar-refractivity contribution is -0.129. The molecule has 1 fully saturated rings. The number of benzene rings is 1. The molecule has 1 amide bonds. The first kappa shape index (κ1) is 20.1. The zero-order valence-corrected chi connectivity index (χ0v) is 16.8. The molecule has 1 unspecified atom stereocenters. The van der Waals surface area contributed by atoms with Crippen LogP contribution in [0.1, 0.15) is 37.8 Å². The number of carbonyl (C=O) groups is 1. The van der Waals surface area contributed by atoms with Crippen molar-refractivity contribution in [3.63, 3.8) is 0 Å². The Kier molecular flexibility index (Phi) is 7.30. The van der Waals surface area contributed by atoms with Crippen LogP contribution in [0.5, 0.6) is 0 Å². The number of hydrogen-bond donors (Lipinski definition) is 2. The molecule has 0 aliphatic carbocycles. The van der Waals surface area contributed by atoms with Crippen molar-refractivity contribution in [3.05, 3.63) is 29.3 Å². The van der Waals surface area contributed by atoms with Gasteiger partial charge in [-0.3, -0.25) is 4.79 Å². The molecule has 0 saturated carbocycles. The van der Waals surface area contributed by atoms with E-state index in [2.05, 4.69) is 47.6 Å². The summed E-state index contributed by atoms with van der Waals surface area (Å²) < 4.78 is 0. The predicted octanol–water partition coefficient (Wildman–Crippen LogP) is 2.13. The second-order valence-corrected chi connectivity index (χ2v) is 7.02. The normalized spacial score (nSPS) is 17.3. The molecule has 144 valence electrons. The molecule has 0 radical (unpaired) electrons. The van der Waals surface area contributed by atoms with E-state index in [0.717, 1.165) is 32.0 Å². The monoisotopic (exact) mass is 359 g/mol. The molecule has 1 heterocycles. The third kappa shape index (κ3) is 5.38. The fourth-order valence-corrected chi connectivity index (χ4v) is 3.14. The zero-order chi connectivity index (χ0) is 19.1. The summed E-state index contributed by atoms with van der Waals surface area (Å²) in [6.45, 7) is 9.15. The standard InChI is InChI=1S/C20H33N5O/c1-6-19(26)25-11-10-17(14-25)23-20(21-7-2)22-13-16-8-9-18(24(4)5)12-15(16)3/h8-9,12,17H,6-7,10-11,13-14H2,1-5H3,(H2,21,22,23). The number of rotatable bonds is 6. The van der Waals surface area contributed by atoms with E-state index in [9.17, 15) is 4.79 Å². The summed E-state index contributed by atoms with van der Waals surface area (Å²) in [7, 11) is 4.10. The van der Waals surface area contributed by atoms with Crippen LogP contribution in [-0.4, -0.2) is 56.5 Å². The second-order valence-electron chi connectivity index (χ2n) is 7.02. The molecule has 2 rings (SSSR count). The molecule has 6 heteroatoms. The van der Waals surface area contributed by atoms with Gasteiger partial charge in [-0.15, -0.1) is 0 Å². The third-order valence-electron chi connectivity index (χ3n) is 4.78. The van der Waals surface area contributed by atoms with Crippen molar-refractivity contribution in [1.29, 1.82) is 0 Å². The summed E-state index contributed by atoms with van der Waals surface area (Å²) in [6, 6.07) is 6.73. The van der Waals surface area contributed by atoms with Crippen molar-refractivity contribution in [2.24, 2.45) is 4.99 Å². The molecule has 0 aromatic heterocycles. The van der Waals surface area contributed by atoms with Gasteiger partial charge in [0.15, 0.2) is 5.96 Å². The molecule has 1 aliphatic rings. The minimum Gasteiger partial charge on any atom is -0.378 e. The van der Waals surface area contributed by atoms with Crippen LogP contribution in [0.2, 0.25) is 0 Å². The maximum absolute atomic E-state index is 11.8. The highest BCUT2D eigenvalue weighted by molar-refractivity contribution is 5.80. The van der Waals surface area contributed by atoms with Gasteiger partial charge in [0.2, 0.25) is 5.91 Å². The van der Waals surface area contributed by atoms with Gasteiger partial charge >= 0.3 is 0 Å². The molecule has 1 aliphatic heterocycles. The minimum atomic E-state index is 0.229. The van der Waals surface area contributed by atoms with Crippen molar-refractivity contribution in [2.75, 3.05) is 38.6 Å². The van der Waals surface area contributed by atoms with E-state index in [4.69, 9.17) is 4.99 Å². The number of likely N-dealkylation sites (tertiary alicyclic amines) is 1. The summed E-state index contributed by atoms with van der Waals surface area (Å²) in [5.41, 5.74) is 3.67. The fraction of sp³-hybridized carbons (Fsp3) is 0.600. The first-order chi connectivity index (χ1) is 12.4. The Morgan fingerprint density at radius 1 is 1.35 bits per heavy atom. The maximum atomic E-state index is 11.8. The van der Waals surface area contributed by atoms with E-state index in [1.54, 1.807) is 0 Å². The highest BCUT2D eigenvalue weighted by atomic mass is 16.2. The number of amides is 1. The van der Waals surface area contributed by atoms with Gasteiger partial charge in [-0.05, 0) is 43.5 Å². The van der Waals surface area contributed by atoms with E-state index in [1.165, 1.54) is 16.8 Å². The molecular weight excluding hydrogens is 326 g/mol. The van der Waals surface area contributed by atoms with Crippen LogP contribution in [0, 0.1) is 6.92 Å². The topological polar surface area (TPSA) is 60.0 Å². The van der Waals surface area contributed by atoms with Crippen LogP contribution < -0.4 is 15.5 Å². The number of carbonyl (C=O) groups excluding carboxylic acids is 1. The van der Waals surface area contributed by atoms with Gasteiger partial charge in [0.05, 0.1) is 6.54 Å². The lowest BCUT2D eigenvalue weighted by atomic mass is 10.1. The molecule has 1 atom stereocenters. The number of hydrogen-bond acceptors (Lipinski definition) is 3. The van der Waals surface area contributed by atoms with Gasteiger partial charge < -0.3 is 20.4 Å². The second kappa shape index (κ2) is 9.46. The number of anilines is 1. The van der Waals surface area contributed by atoms with Gasteiger partial charge in [0, 0.05) is 51.9 Å². The van der Waals surface area contributed by atoms with E-state index >= 15 is 0 Å². The highest BCUT2D eigenvalue weighted by Crippen LogP contribution is 2.18. The van der Waals surface area contributed by atoms with Gasteiger partial charge in [0.25, 0.3) is 0 Å². The summed E-state index contributed by atoms with van der Waals surface area (Å²) in [5, 5.41) is 6.80. The molecular formula is C20H33N5O. The van der Waals surface area contributed by atoms with Crippen molar-refractivity contribution >= 4 is 17.6 Å². The van der Waals surface area contributed by atoms with E-state index in [1.807, 2.05) is 25.9 Å². The van der Waals surface area contributed by atoms with Gasteiger partial charge in [0.1, 0.15) is 0 Å². The van der Waals surface area contributed by atoms with Gasteiger partial charge in [-0.25, -0.2) is 4.99 Å². The summed E-state index contributed by atoms with van der Waals surface area (Å²) in [6.07, 6.45) is 1.54. The van der Waals surface area contributed by atoms with E-state index in [-0.39, 0.29) is 11.9 Å². The average molecular weight is 360 g/mol. The van der Waals surface area contributed by atoms with Crippen LogP contribution >= 0.6 is 0 Å². The molecule has 1 aromatic rings. The molecule has 6 nitrogen and oxygen atoms in total. The van der Waals surface area contributed by atoms with Gasteiger partial charge in [-0.1, -0.05) is 13.0 Å². The number of guanidine groups is 1. The first-order valence-electron chi connectivity index (χ1n) is 9.54. The molecule has 0 spiro atoms. The van der Waals surface area contributed by atoms with Crippen molar-refractivity contribution in [3.8, 4) is 0 Å². The summed E-state index contributed by atoms with van der Waals surface area (Å²) in [4.78, 5) is 20.6. The lowest BCUT2D eigenvalue weighted by Gasteiger charge is -2.19. The van der Waals surface area contributed by atoms with Crippen molar-refractivity contribution in [2.45, 2.75) is 46.2 Å². The van der Waals surface area contributed by atoms with Crippen molar-refractivity contribution < 1.29 is 4.79 Å². The number of nitrogens with one attached hydrogen (secondary N) is 2. The SMILES string of the molecule is CCNC(=NCc1ccc(N(C)C)cc1C)NC1CCN(C(=O)CC)C1. The number of nitrogens with zero attached hydrogens (tertiary/aromatic N) is 3. The van der Waals surface area contributed by atoms with Crippen LogP contribution in [-0.2, 0) is 11.3 Å². The Balaban J connectivity index is 2.00. The summed E-state index contributed by atoms with van der Waals surface area (Å²) in [5.74, 6) is 1.05. The fourth-order valence-electron chi connectivity index (χ4n) is 3.14. The minimum absolute atomic E-state index is 0.229. The largest absolute Gasteiger partial charge is 0.378 e. The lowest BCUT2D eigenvalue weighted by Crippen LogP contribution is -2.45. The molecule has 1 aromatic carbocycles. The van der Waals surface area contributed by atoms with Crippen molar-refractivity contribution in [1.82, 2.24) is 15.5 Å². The molecule has 0 bridgehead atoms. The van der Waals surface area contributed by atoms with Crippen LogP contribution in [0.4, 0.5) is 5.69 Å². The summed E-state index contributed by atoms with van der Waals surface area (Å²) >= 11 is 0. The highest BCUT2D eigenvalue weighted by Gasteiger charge is 2.25. The predicted molar refractivity (Wildman–Crippen MR) is 109 cm³/mol. The first-order valence-corrected chi connectivity index (χ1v) is 9.54. The quantitative estimate of drug-likeness (QED) is 0.603. The van der Waals surface area contributed by atoms with Crippen LogP contribution in [0.15, 0.2) is 23.2 Å². The third-order valence-corrected chi connectivity index (χ3v) is 4.78. The number of aliphatic imine (C=N–C) groups is 1. The maximum Gasteiger partial charge on any atom is 0.222 e.